The Balaban J connectivity index is 1.85. The van der Waals surface area contributed by atoms with Crippen LogP contribution in [0.1, 0.15) is 43.9 Å². The lowest BCUT2D eigenvalue weighted by Gasteiger charge is -2.26. The van der Waals surface area contributed by atoms with Gasteiger partial charge in [-0.05, 0) is 59.7 Å². The summed E-state index contributed by atoms with van der Waals surface area (Å²) >= 11 is 5.12. The molecular weight excluding hydrogens is 296 g/mol. The lowest BCUT2D eigenvalue weighted by molar-refractivity contribution is -0.123. The molecule has 0 amide bonds. The van der Waals surface area contributed by atoms with Crippen LogP contribution in [0.25, 0.3) is 0 Å². The molecule has 1 fully saturated rings. The molecule has 1 aromatic rings. The smallest absolute Gasteiger partial charge is 0.141 e. The minimum atomic E-state index is 0.332. The molecule has 2 rings (SSSR count). The fourth-order valence-electron chi connectivity index (χ4n) is 2.66. The van der Waals surface area contributed by atoms with Crippen LogP contribution in [0, 0.1) is 11.8 Å². The maximum Gasteiger partial charge on any atom is 0.141 e. The number of ketones is 1. The predicted octanol–water partition coefficient (Wildman–Crippen LogP) is 4.84. The summed E-state index contributed by atoms with van der Waals surface area (Å²) in [6.45, 7) is 2.26. The molecule has 1 aromatic heterocycles. The minimum Gasteiger partial charge on any atom is -0.299 e. The molecule has 3 heteroatoms. The number of carbonyl (C=O) groups is 1. The van der Waals surface area contributed by atoms with Crippen LogP contribution >= 0.6 is 27.3 Å². The third kappa shape index (κ3) is 3.65. The number of rotatable bonds is 4. The maximum absolute atomic E-state index is 12.2. The molecule has 1 heterocycles. The Hall–Kier alpha value is -0.150. The highest BCUT2D eigenvalue weighted by Gasteiger charge is 2.25. The van der Waals surface area contributed by atoms with Crippen LogP contribution in [0.2, 0.25) is 0 Å². The summed E-state index contributed by atoms with van der Waals surface area (Å²) in [5.41, 5.74) is 0. The molecule has 0 N–H and O–H groups in total. The molecule has 0 unspecified atom stereocenters. The average Bonchev–Trinajstić information content (AvgIpc) is 2.75. The van der Waals surface area contributed by atoms with E-state index >= 15 is 0 Å². The van der Waals surface area contributed by atoms with Crippen LogP contribution in [-0.2, 0) is 11.2 Å². The van der Waals surface area contributed by atoms with Crippen LogP contribution in [0.3, 0.4) is 0 Å². The van der Waals surface area contributed by atoms with E-state index < -0.39 is 0 Å². The zero-order chi connectivity index (χ0) is 12.3. The van der Waals surface area contributed by atoms with Crippen molar-refractivity contribution in [3.05, 3.63) is 20.8 Å². The van der Waals surface area contributed by atoms with Gasteiger partial charge in [0.05, 0.1) is 3.79 Å². The summed E-state index contributed by atoms with van der Waals surface area (Å²) < 4.78 is 1.12. The van der Waals surface area contributed by atoms with Gasteiger partial charge in [-0.15, -0.1) is 11.3 Å². The van der Waals surface area contributed by atoms with Gasteiger partial charge in [0, 0.05) is 17.2 Å². The van der Waals surface area contributed by atoms with Gasteiger partial charge in [0.25, 0.3) is 0 Å². The van der Waals surface area contributed by atoms with Gasteiger partial charge in [0.1, 0.15) is 5.78 Å². The number of thiophene rings is 1. The summed E-state index contributed by atoms with van der Waals surface area (Å²) in [5, 5.41) is 0. The Bertz CT molecular complexity index is 377. The monoisotopic (exact) mass is 314 g/mol. The molecule has 0 atom stereocenters. The Morgan fingerprint density at radius 1 is 1.35 bits per heavy atom. The Morgan fingerprint density at radius 3 is 2.59 bits per heavy atom. The topological polar surface area (TPSA) is 17.1 Å². The van der Waals surface area contributed by atoms with Gasteiger partial charge in [0.15, 0.2) is 0 Å². The molecule has 0 aliphatic heterocycles. The van der Waals surface area contributed by atoms with E-state index in [1.54, 1.807) is 11.3 Å². The maximum atomic E-state index is 12.2. The van der Waals surface area contributed by atoms with Crippen LogP contribution in [0.5, 0.6) is 0 Å². The van der Waals surface area contributed by atoms with E-state index in [2.05, 4.69) is 28.9 Å². The van der Waals surface area contributed by atoms with E-state index in [-0.39, 0.29) is 0 Å². The molecule has 0 spiro atoms. The van der Waals surface area contributed by atoms with Crippen LogP contribution in [-0.4, -0.2) is 5.78 Å². The van der Waals surface area contributed by atoms with Crippen LogP contribution in [0.4, 0.5) is 0 Å². The Morgan fingerprint density at radius 2 is 2.06 bits per heavy atom. The summed E-state index contributed by atoms with van der Waals surface area (Å²) in [6.07, 6.45) is 6.65. The second-order valence-electron chi connectivity index (χ2n) is 4.97. The number of hydrogen-bond donors (Lipinski definition) is 0. The van der Waals surface area contributed by atoms with Crippen molar-refractivity contribution in [3.8, 4) is 0 Å². The first-order valence-electron chi connectivity index (χ1n) is 6.46. The van der Waals surface area contributed by atoms with Crippen molar-refractivity contribution in [2.45, 2.75) is 45.4 Å². The lowest BCUT2D eigenvalue weighted by atomic mass is 9.78. The number of hydrogen-bond acceptors (Lipinski definition) is 2. The predicted molar refractivity (Wildman–Crippen MR) is 76.5 cm³/mol. The summed E-state index contributed by atoms with van der Waals surface area (Å²) in [7, 11) is 0. The van der Waals surface area contributed by atoms with Crippen molar-refractivity contribution >= 4 is 33.0 Å². The Kier molecular flexibility index (Phi) is 4.80. The highest BCUT2D eigenvalue weighted by Crippen LogP contribution is 2.32. The van der Waals surface area contributed by atoms with Crippen molar-refractivity contribution in [1.29, 1.82) is 0 Å². The van der Waals surface area contributed by atoms with E-state index in [4.69, 9.17) is 0 Å². The van der Waals surface area contributed by atoms with Crippen LogP contribution < -0.4 is 0 Å². The normalized spacial score (nSPS) is 24.8. The fraction of sp³-hybridized carbons (Fsp3) is 0.643. The summed E-state index contributed by atoms with van der Waals surface area (Å²) in [4.78, 5) is 13.4. The van der Waals surface area contributed by atoms with Crippen molar-refractivity contribution in [2.75, 3.05) is 0 Å². The van der Waals surface area contributed by atoms with E-state index in [0.29, 0.717) is 18.1 Å². The lowest BCUT2D eigenvalue weighted by Crippen LogP contribution is -2.22. The summed E-state index contributed by atoms with van der Waals surface area (Å²) in [5.74, 6) is 1.66. The molecule has 1 aliphatic carbocycles. The molecule has 0 bridgehead atoms. The molecule has 0 radical (unpaired) electrons. The molecular formula is C14H19BrOS. The van der Waals surface area contributed by atoms with Gasteiger partial charge in [-0.25, -0.2) is 0 Å². The highest BCUT2D eigenvalue weighted by atomic mass is 79.9. The van der Waals surface area contributed by atoms with E-state index in [9.17, 15) is 4.79 Å². The van der Waals surface area contributed by atoms with Crippen molar-refractivity contribution < 1.29 is 4.79 Å². The van der Waals surface area contributed by atoms with Gasteiger partial charge >= 0.3 is 0 Å². The van der Waals surface area contributed by atoms with Crippen molar-refractivity contribution in [2.24, 2.45) is 11.8 Å². The number of Topliss-reactive ketones (excluding diaryl/α,β-unsaturated/α-hetero) is 1. The first-order valence-corrected chi connectivity index (χ1v) is 8.07. The van der Waals surface area contributed by atoms with Crippen LogP contribution in [0.15, 0.2) is 15.9 Å². The number of halogens is 1. The highest BCUT2D eigenvalue weighted by molar-refractivity contribution is 9.11. The van der Waals surface area contributed by atoms with Gasteiger partial charge in [-0.3, -0.25) is 4.79 Å². The molecule has 0 saturated heterocycles. The minimum absolute atomic E-state index is 0.332. The molecule has 94 valence electrons. The SMILES string of the molecule is CCC1CCC(C(=O)Cc2ccc(Br)s2)CC1. The fourth-order valence-corrected chi connectivity index (χ4v) is 4.15. The standard InChI is InChI=1S/C14H19BrOS/c1-2-10-3-5-11(6-4-10)13(16)9-12-7-8-14(15)17-12/h7-8,10-11H,2-6,9H2,1H3. The number of carbonyl (C=O) groups excluding carboxylic acids is 1. The molecule has 17 heavy (non-hydrogen) atoms. The van der Waals surface area contributed by atoms with Crippen molar-refractivity contribution in [3.63, 3.8) is 0 Å². The largest absolute Gasteiger partial charge is 0.299 e. The third-order valence-corrected chi connectivity index (χ3v) is 5.48. The molecule has 0 aromatic carbocycles. The zero-order valence-electron chi connectivity index (χ0n) is 10.2. The van der Waals surface area contributed by atoms with Gasteiger partial charge in [-0.2, -0.15) is 0 Å². The second-order valence-corrected chi connectivity index (χ2v) is 7.52. The van der Waals surface area contributed by atoms with Gasteiger partial charge in [0.2, 0.25) is 0 Å². The Labute approximate surface area is 116 Å². The third-order valence-electron chi connectivity index (χ3n) is 3.86. The van der Waals surface area contributed by atoms with E-state index in [1.807, 2.05) is 6.07 Å². The summed E-state index contributed by atoms with van der Waals surface area (Å²) in [6, 6.07) is 4.09. The van der Waals surface area contributed by atoms with E-state index in [0.717, 1.165) is 22.5 Å². The zero-order valence-corrected chi connectivity index (χ0v) is 12.6. The molecule has 1 saturated carbocycles. The first-order chi connectivity index (χ1) is 8.19. The van der Waals surface area contributed by atoms with Gasteiger partial charge < -0.3 is 0 Å². The average molecular weight is 315 g/mol. The van der Waals surface area contributed by atoms with Gasteiger partial charge in [-0.1, -0.05) is 13.3 Å². The van der Waals surface area contributed by atoms with E-state index in [1.165, 1.54) is 24.1 Å². The molecule has 1 nitrogen and oxygen atoms in total. The quantitative estimate of drug-likeness (QED) is 0.777. The first kappa shape index (κ1) is 13.3. The van der Waals surface area contributed by atoms with Crippen molar-refractivity contribution in [1.82, 2.24) is 0 Å². The molecule has 1 aliphatic rings. The second kappa shape index (κ2) is 6.14.